The summed E-state index contributed by atoms with van der Waals surface area (Å²) in [6.07, 6.45) is 14.4. The fourth-order valence-corrected chi connectivity index (χ4v) is 4.61. The molecule has 2 aliphatic heterocycles. The van der Waals surface area contributed by atoms with Crippen LogP contribution >= 0.6 is 0 Å². The Labute approximate surface area is 197 Å². The van der Waals surface area contributed by atoms with Crippen molar-refractivity contribution in [1.82, 2.24) is 9.80 Å². The minimum atomic E-state index is -0.141. The maximum atomic E-state index is 14.9. The van der Waals surface area contributed by atoms with Crippen LogP contribution in [0.1, 0.15) is 63.6 Å². The fourth-order valence-electron chi connectivity index (χ4n) is 4.61. The van der Waals surface area contributed by atoms with E-state index in [-0.39, 0.29) is 17.8 Å². The SMILES string of the molecule is C=C(/C=C\C/C(C=O)=C\C)N(CCCC)CCC(C)C1c2c(F)cccc2C2=CCN=CN21. The fraction of sp³-hybridized carbons (Fsp3) is 0.429. The van der Waals surface area contributed by atoms with E-state index in [0.717, 1.165) is 66.7 Å². The summed E-state index contributed by atoms with van der Waals surface area (Å²) in [5.41, 5.74) is 4.57. The number of rotatable bonds is 12. The molecule has 1 aromatic rings. The first-order valence-corrected chi connectivity index (χ1v) is 12.0. The molecule has 0 N–H and O–H groups in total. The van der Waals surface area contributed by atoms with Crippen molar-refractivity contribution >= 4 is 18.3 Å². The summed E-state index contributed by atoms with van der Waals surface area (Å²) in [5.74, 6) is 0.0832. The molecule has 0 saturated carbocycles. The molecule has 0 bridgehead atoms. The van der Waals surface area contributed by atoms with Gasteiger partial charge >= 0.3 is 0 Å². The normalized spacial score (nSPS) is 18.2. The molecule has 4 nitrogen and oxygen atoms in total. The number of benzene rings is 1. The molecule has 3 rings (SSSR count). The Morgan fingerprint density at radius 2 is 2.21 bits per heavy atom. The van der Waals surface area contributed by atoms with Crippen molar-refractivity contribution in [2.75, 3.05) is 19.6 Å². The van der Waals surface area contributed by atoms with Crippen LogP contribution in [-0.2, 0) is 4.79 Å². The number of carbonyl (C=O) groups is 1. The minimum Gasteiger partial charge on any atom is -0.372 e. The van der Waals surface area contributed by atoms with E-state index >= 15 is 0 Å². The number of carbonyl (C=O) groups excluding carboxylic acids is 1. The van der Waals surface area contributed by atoms with Crippen LogP contribution in [0.4, 0.5) is 4.39 Å². The molecule has 0 fully saturated rings. The number of fused-ring (bicyclic) bond motifs is 3. The van der Waals surface area contributed by atoms with Crippen molar-refractivity contribution in [2.45, 2.75) is 52.5 Å². The highest BCUT2D eigenvalue weighted by atomic mass is 19.1. The molecule has 2 atom stereocenters. The van der Waals surface area contributed by atoms with E-state index in [4.69, 9.17) is 0 Å². The molecule has 0 amide bonds. The Balaban J connectivity index is 1.72. The van der Waals surface area contributed by atoms with E-state index in [1.165, 1.54) is 0 Å². The van der Waals surface area contributed by atoms with Gasteiger partial charge < -0.3 is 9.80 Å². The summed E-state index contributed by atoms with van der Waals surface area (Å²) in [6, 6.07) is 5.31. The van der Waals surface area contributed by atoms with Gasteiger partial charge in [-0.1, -0.05) is 51.1 Å². The predicted molar refractivity (Wildman–Crippen MR) is 135 cm³/mol. The number of hydrogen-bond acceptors (Lipinski definition) is 4. The topological polar surface area (TPSA) is 35.9 Å². The summed E-state index contributed by atoms with van der Waals surface area (Å²) in [5, 5.41) is 0. The third-order valence-electron chi connectivity index (χ3n) is 6.57. The van der Waals surface area contributed by atoms with E-state index in [1.807, 2.05) is 37.6 Å². The van der Waals surface area contributed by atoms with Gasteiger partial charge in [-0.05, 0) is 55.9 Å². The van der Waals surface area contributed by atoms with Crippen LogP contribution in [0, 0.1) is 11.7 Å². The molecule has 176 valence electrons. The lowest BCUT2D eigenvalue weighted by molar-refractivity contribution is -0.105. The Hall–Kier alpha value is -2.95. The van der Waals surface area contributed by atoms with E-state index in [2.05, 4.69) is 41.3 Å². The minimum absolute atomic E-state index is 0.0572. The molecular weight excluding hydrogens is 413 g/mol. The zero-order valence-corrected chi connectivity index (χ0v) is 20.1. The van der Waals surface area contributed by atoms with Gasteiger partial charge in [-0.25, -0.2) is 4.39 Å². The van der Waals surface area contributed by atoms with E-state index in [1.54, 1.807) is 12.1 Å². The first-order valence-electron chi connectivity index (χ1n) is 12.0. The predicted octanol–water partition coefficient (Wildman–Crippen LogP) is 6.30. The molecule has 2 heterocycles. The second-order valence-corrected chi connectivity index (χ2v) is 8.81. The molecular formula is C28H36FN3O. The summed E-state index contributed by atoms with van der Waals surface area (Å²) in [6.45, 7) is 13.0. The Morgan fingerprint density at radius 3 is 2.94 bits per heavy atom. The van der Waals surface area contributed by atoms with Crippen molar-refractivity contribution in [1.29, 1.82) is 0 Å². The maximum Gasteiger partial charge on any atom is 0.146 e. The smallest absolute Gasteiger partial charge is 0.146 e. The van der Waals surface area contributed by atoms with Gasteiger partial charge in [0.2, 0.25) is 0 Å². The molecule has 0 aliphatic carbocycles. The zero-order chi connectivity index (χ0) is 23.8. The van der Waals surface area contributed by atoms with Crippen molar-refractivity contribution in [3.8, 4) is 0 Å². The number of aliphatic imine (C=N–C) groups is 1. The summed E-state index contributed by atoms with van der Waals surface area (Å²) >= 11 is 0. The van der Waals surface area contributed by atoms with E-state index < -0.39 is 0 Å². The molecule has 2 aliphatic rings. The number of hydrogen-bond donors (Lipinski definition) is 0. The van der Waals surface area contributed by atoms with Gasteiger partial charge in [0.15, 0.2) is 0 Å². The van der Waals surface area contributed by atoms with Gasteiger partial charge in [0.25, 0.3) is 0 Å². The van der Waals surface area contributed by atoms with Gasteiger partial charge in [-0.15, -0.1) is 0 Å². The van der Waals surface area contributed by atoms with E-state index in [9.17, 15) is 9.18 Å². The average molecular weight is 450 g/mol. The molecule has 0 aromatic heterocycles. The van der Waals surface area contributed by atoms with Crippen LogP contribution in [-0.4, -0.2) is 42.1 Å². The van der Waals surface area contributed by atoms with Crippen LogP contribution in [0.25, 0.3) is 5.70 Å². The molecule has 0 saturated heterocycles. The largest absolute Gasteiger partial charge is 0.372 e. The summed E-state index contributed by atoms with van der Waals surface area (Å²) < 4.78 is 14.9. The number of allylic oxidation sites excluding steroid dienone is 4. The monoisotopic (exact) mass is 449 g/mol. The van der Waals surface area contributed by atoms with Crippen LogP contribution in [0.3, 0.4) is 0 Å². The number of aldehydes is 1. The highest BCUT2D eigenvalue weighted by molar-refractivity contribution is 5.84. The van der Waals surface area contributed by atoms with Crippen molar-refractivity contribution in [3.63, 3.8) is 0 Å². The first-order chi connectivity index (χ1) is 16.0. The number of unbranched alkanes of at least 4 members (excludes halogenated alkanes) is 1. The second-order valence-electron chi connectivity index (χ2n) is 8.81. The Kier molecular flexibility index (Phi) is 8.81. The van der Waals surface area contributed by atoms with Crippen LogP contribution in [0.5, 0.6) is 0 Å². The highest BCUT2D eigenvalue weighted by Gasteiger charge is 2.39. The average Bonchev–Trinajstić information content (AvgIpc) is 3.17. The number of nitrogens with zero attached hydrogens (tertiary/aromatic N) is 3. The lowest BCUT2D eigenvalue weighted by Gasteiger charge is -2.33. The quantitative estimate of drug-likeness (QED) is 0.213. The first kappa shape index (κ1) is 24.7. The summed E-state index contributed by atoms with van der Waals surface area (Å²) in [4.78, 5) is 19.9. The lowest BCUT2D eigenvalue weighted by atomic mass is 9.91. The van der Waals surface area contributed by atoms with Crippen molar-refractivity contribution in [2.24, 2.45) is 10.9 Å². The lowest BCUT2D eigenvalue weighted by Crippen LogP contribution is -2.31. The Bertz CT molecular complexity index is 975. The van der Waals surface area contributed by atoms with Gasteiger partial charge in [0, 0.05) is 35.6 Å². The van der Waals surface area contributed by atoms with Crippen LogP contribution in [0.15, 0.2) is 65.3 Å². The van der Waals surface area contributed by atoms with E-state index in [0.29, 0.717) is 13.0 Å². The van der Waals surface area contributed by atoms with Crippen molar-refractivity contribution in [3.05, 3.63) is 77.3 Å². The standard InChI is InChI=1S/C28H36FN3O/c1-5-7-17-31(22(4)10-8-11-23(6-2)19-33)18-15-21(3)28-27-24(12-9-13-25(27)29)26-14-16-30-20-32(26)28/h6,8-10,12-14,19-21,28H,4-5,7,11,15-18H2,1-3H3/b10-8-,23-6+. The molecule has 1 aromatic carbocycles. The van der Waals surface area contributed by atoms with Gasteiger partial charge in [0.05, 0.1) is 18.9 Å². The summed E-state index contributed by atoms with van der Waals surface area (Å²) in [7, 11) is 0. The molecule has 2 unspecified atom stereocenters. The third-order valence-corrected chi connectivity index (χ3v) is 6.57. The molecule has 0 spiro atoms. The molecule has 5 heteroatoms. The number of halogens is 1. The zero-order valence-electron chi connectivity index (χ0n) is 20.1. The van der Waals surface area contributed by atoms with Crippen LogP contribution < -0.4 is 0 Å². The van der Waals surface area contributed by atoms with Crippen molar-refractivity contribution < 1.29 is 9.18 Å². The maximum absolute atomic E-state index is 14.9. The highest BCUT2D eigenvalue weighted by Crippen LogP contribution is 2.47. The van der Waals surface area contributed by atoms with Gasteiger partial charge in [0.1, 0.15) is 12.1 Å². The van der Waals surface area contributed by atoms with Gasteiger partial charge in [-0.2, -0.15) is 0 Å². The molecule has 0 radical (unpaired) electrons. The molecule has 33 heavy (non-hydrogen) atoms. The van der Waals surface area contributed by atoms with Crippen LogP contribution in [0.2, 0.25) is 0 Å². The third kappa shape index (κ3) is 5.70. The Morgan fingerprint density at radius 1 is 1.39 bits per heavy atom. The van der Waals surface area contributed by atoms with Gasteiger partial charge in [-0.3, -0.25) is 9.79 Å². The second kappa shape index (κ2) is 11.8.